The van der Waals surface area contributed by atoms with Gasteiger partial charge in [-0.3, -0.25) is 4.98 Å². The predicted molar refractivity (Wildman–Crippen MR) is 72.6 cm³/mol. The molecule has 0 saturated carbocycles. The lowest BCUT2D eigenvalue weighted by atomic mass is 10.1. The number of anilines is 1. The Bertz CT molecular complexity index is 677. The molecule has 0 fully saturated rings. The summed E-state index contributed by atoms with van der Waals surface area (Å²) in [5, 5.41) is 2.78. The van der Waals surface area contributed by atoms with E-state index in [4.69, 9.17) is 23.2 Å². The average Bonchev–Trinajstić information content (AvgIpc) is 2.42. The summed E-state index contributed by atoms with van der Waals surface area (Å²) >= 11 is 11.7. The van der Waals surface area contributed by atoms with Crippen molar-refractivity contribution in [2.24, 2.45) is 0 Å². The average molecular weight is 303 g/mol. The lowest BCUT2D eigenvalue weighted by Crippen LogP contribution is -2.07. The van der Waals surface area contributed by atoms with Crippen LogP contribution >= 0.6 is 23.2 Å². The van der Waals surface area contributed by atoms with Crippen LogP contribution in [0, 0.1) is 5.82 Å². The second-order valence-electron chi connectivity index (χ2n) is 3.67. The number of hydrogen-bond acceptors (Lipinski definition) is 4. The van der Waals surface area contributed by atoms with Crippen LogP contribution in [0.2, 0.25) is 10.0 Å². The summed E-state index contributed by atoms with van der Waals surface area (Å²) in [4.78, 5) is 15.7. The number of carbonyl (C=O) groups is 1. The zero-order valence-corrected chi connectivity index (χ0v) is 11.6. The first-order valence-electron chi connectivity index (χ1n) is 5.23. The van der Waals surface area contributed by atoms with Gasteiger partial charge in [0.05, 0.1) is 28.4 Å². The lowest BCUT2D eigenvalue weighted by molar-refractivity contribution is 0.0601. The van der Waals surface area contributed by atoms with Gasteiger partial charge in [-0.05, 0) is 6.07 Å². The van der Waals surface area contributed by atoms with Gasteiger partial charge in [-0.1, -0.05) is 23.2 Å². The second kappa shape index (κ2) is 5.19. The lowest BCUT2D eigenvalue weighted by Gasteiger charge is -2.12. The summed E-state index contributed by atoms with van der Waals surface area (Å²) in [5.74, 6) is -1.35. The highest BCUT2D eigenvalue weighted by atomic mass is 35.5. The first kappa shape index (κ1) is 13.8. The maximum Gasteiger partial charge on any atom is 0.341 e. The van der Waals surface area contributed by atoms with Crippen LogP contribution in [0.1, 0.15) is 10.4 Å². The molecule has 0 aliphatic heterocycles. The van der Waals surface area contributed by atoms with Crippen molar-refractivity contribution in [1.82, 2.24) is 4.98 Å². The van der Waals surface area contributed by atoms with E-state index >= 15 is 0 Å². The Morgan fingerprint density at radius 2 is 2.16 bits per heavy atom. The van der Waals surface area contributed by atoms with Crippen molar-refractivity contribution in [3.8, 4) is 0 Å². The van der Waals surface area contributed by atoms with Crippen LogP contribution in [0.25, 0.3) is 10.9 Å². The molecular formula is C12H9Cl2FN2O2. The fourth-order valence-corrected chi connectivity index (χ4v) is 2.32. The topological polar surface area (TPSA) is 51.2 Å². The number of ether oxygens (including phenoxy) is 1. The number of fused-ring (bicyclic) bond motifs is 1. The van der Waals surface area contributed by atoms with Crippen LogP contribution in [0.5, 0.6) is 0 Å². The third kappa shape index (κ3) is 2.19. The molecule has 1 aromatic carbocycles. The van der Waals surface area contributed by atoms with E-state index in [-0.39, 0.29) is 21.0 Å². The van der Waals surface area contributed by atoms with Crippen molar-refractivity contribution in [3.63, 3.8) is 0 Å². The van der Waals surface area contributed by atoms with Gasteiger partial charge < -0.3 is 10.1 Å². The zero-order valence-electron chi connectivity index (χ0n) is 10.1. The monoisotopic (exact) mass is 302 g/mol. The van der Waals surface area contributed by atoms with Crippen LogP contribution in [-0.2, 0) is 4.74 Å². The van der Waals surface area contributed by atoms with E-state index in [1.165, 1.54) is 19.4 Å². The highest BCUT2D eigenvalue weighted by Crippen LogP contribution is 2.36. The molecule has 0 saturated heterocycles. The van der Waals surface area contributed by atoms with Gasteiger partial charge in [0.15, 0.2) is 5.82 Å². The number of nitrogens with zero attached hydrogens (tertiary/aromatic N) is 1. The van der Waals surface area contributed by atoms with E-state index in [0.717, 1.165) is 0 Å². The van der Waals surface area contributed by atoms with E-state index < -0.39 is 11.8 Å². The number of esters is 1. The first-order chi connectivity index (χ1) is 9.01. The molecule has 1 aromatic heterocycles. The summed E-state index contributed by atoms with van der Waals surface area (Å²) < 4.78 is 18.4. The minimum atomic E-state index is -0.754. The minimum absolute atomic E-state index is 0.127. The number of halogens is 3. The summed E-state index contributed by atoms with van der Waals surface area (Å²) in [6, 6.07) is 1.35. The predicted octanol–water partition coefficient (Wildman–Crippen LogP) is 3.51. The van der Waals surface area contributed by atoms with Gasteiger partial charge in [0, 0.05) is 18.6 Å². The molecule has 4 nitrogen and oxygen atoms in total. The molecule has 2 rings (SSSR count). The molecule has 7 heteroatoms. The van der Waals surface area contributed by atoms with E-state index in [2.05, 4.69) is 15.0 Å². The van der Waals surface area contributed by atoms with Crippen molar-refractivity contribution < 1.29 is 13.9 Å². The largest absolute Gasteiger partial charge is 0.465 e. The van der Waals surface area contributed by atoms with Crippen molar-refractivity contribution in [2.75, 3.05) is 19.5 Å². The van der Waals surface area contributed by atoms with Crippen molar-refractivity contribution in [3.05, 3.63) is 33.7 Å². The molecule has 0 radical (unpaired) electrons. The molecule has 100 valence electrons. The summed E-state index contributed by atoms with van der Waals surface area (Å²) in [6.07, 6.45) is 1.32. The molecule has 1 heterocycles. The fraction of sp³-hybridized carbons (Fsp3) is 0.167. The van der Waals surface area contributed by atoms with E-state index in [1.807, 2.05) is 0 Å². The van der Waals surface area contributed by atoms with Crippen LogP contribution in [0.15, 0.2) is 12.3 Å². The Morgan fingerprint density at radius 3 is 2.74 bits per heavy atom. The number of aromatic nitrogens is 1. The van der Waals surface area contributed by atoms with Crippen molar-refractivity contribution in [1.29, 1.82) is 0 Å². The number of hydrogen-bond donors (Lipinski definition) is 1. The number of rotatable bonds is 2. The molecule has 1 N–H and O–H groups in total. The third-order valence-electron chi connectivity index (χ3n) is 2.65. The van der Waals surface area contributed by atoms with Gasteiger partial charge in [0.2, 0.25) is 0 Å². The van der Waals surface area contributed by atoms with Crippen molar-refractivity contribution in [2.45, 2.75) is 0 Å². The molecule has 0 bridgehead atoms. The first-order valence-corrected chi connectivity index (χ1v) is 5.99. The summed E-state index contributed by atoms with van der Waals surface area (Å²) in [5.41, 5.74) is 0.895. The van der Waals surface area contributed by atoms with Gasteiger partial charge in [0.1, 0.15) is 5.56 Å². The molecule has 0 amide bonds. The van der Waals surface area contributed by atoms with E-state index in [9.17, 15) is 9.18 Å². The van der Waals surface area contributed by atoms with E-state index in [0.29, 0.717) is 11.2 Å². The molecule has 0 aliphatic carbocycles. The summed E-state index contributed by atoms with van der Waals surface area (Å²) in [6.45, 7) is 0. The second-order valence-corrected chi connectivity index (χ2v) is 4.45. The minimum Gasteiger partial charge on any atom is -0.465 e. The molecule has 0 spiro atoms. The van der Waals surface area contributed by atoms with Gasteiger partial charge >= 0.3 is 5.97 Å². The number of carbonyl (C=O) groups excluding carboxylic acids is 1. The number of nitrogens with one attached hydrogen (secondary N) is 1. The van der Waals surface area contributed by atoms with Gasteiger partial charge in [0.25, 0.3) is 0 Å². The Labute approximate surface area is 118 Å². The maximum atomic E-state index is 13.8. The molecule has 19 heavy (non-hydrogen) atoms. The van der Waals surface area contributed by atoms with Gasteiger partial charge in [-0.15, -0.1) is 0 Å². The Morgan fingerprint density at radius 1 is 1.47 bits per heavy atom. The Hall–Kier alpha value is -1.59. The van der Waals surface area contributed by atoms with Gasteiger partial charge in [-0.2, -0.15) is 0 Å². The number of pyridine rings is 1. The summed E-state index contributed by atoms with van der Waals surface area (Å²) in [7, 11) is 2.83. The molecule has 0 aliphatic rings. The highest BCUT2D eigenvalue weighted by Gasteiger charge is 2.20. The van der Waals surface area contributed by atoms with Crippen LogP contribution < -0.4 is 5.32 Å². The molecular weight excluding hydrogens is 294 g/mol. The highest BCUT2D eigenvalue weighted by molar-refractivity contribution is 6.40. The maximum absolute atomic E-state index is 13.8. The number of benzene rings is 1. The van der Waals surface area contributed by atoms with Crippen LogP contribution in [0.4, 0.5) is 10.1 Å². The Balaban J connectivity index is 2.89. The standard InChI is InChI=1S/C12H9Cl2FN2O2/c1-16-11-5(12(18)19-2)4-17-7-3-6(13)10(15)9(14)8(7)11/h3-4H,1-2H3,(H,16,17). The normalized spacial score (nSPS) is 10.6. The Kier molecular flexibility index (Phi) is 3.78. The number of methoxy groups -OCH3 is 1. The molecule has 0 atom stereocenters. The zero-order chi connectivity index (χ0) is 14.2. The van der Waals surface area contributed by atoms with Gasteiger partial charge in [-0.25, -0.2) is 9.18 Å². The smallest absolute Gasteiger partial charge is 0.341 e. The quantitative estimate of drug-likeness (QED) is 0.681. The van der Waals surface area contributed by atoms with Crippen molar-refractivity contribution >= 4 is 45.8 Å². The molecule has 2 aromatic rings. The SMILES string of the molecule is CNc1c(C(=O)OC)cnc2cc(Cl)c(F)c(Cl)c12. The van der Waals surface area contributed by atoms with E-state index in [1.54, 1.807) is 7.05 Å². The third-order valence-corrected chi connectivity index (χ3v) is 3.28. The van der Waals surface area contributed by atoms with Crippen LogP contribution in [0.3, 0.4) is 0 Å². The van der Waals surface area contributed by atoms with Crippen LogP contribution in [-0.4, -0.2) is 25.1 Å². The molecule has 0 unspecified atom stereocenters. The fourth-order valence-electron chi connectivity index (χ4n) is 1.78.